The molecule has 0 unspecified atom stereocenters. The van der Waals surface area contributed by atoms with E-state index >= 15 is 0 Å². The van der Waals surface area contributed by atoms with Gasteiger partial charge >= 0.3 is 0 Å². The lowest BCUT2D eigenvalue weighted by molar-refractivity contribution is -0.114. The number of carbonyl (C=O) groups is 2. The predicted octanol–water partition coefficient (Wildman–Crippen LogP) is 6.92. The van der Waals surface area contributed by atoms with Crippen molar-refractivity contribution in [2.45, 2.75) is 33.1 Å². The number of halogens is 1. The van der Waals surface area contributed by atoms with Crippen molar-refractivity contribution in [2.75, 3.05) is 16.4 Å². The van der Waals surface area contributed by atoms with Crippen LogP contribution in [-0.2, 0) is 16.0 Å². The lowest BCUT2D eigenvalue weighted by atomic mass is 9.82. The second kappa shape index (κ2) is 12.7. The summed E-state index contributed by atoms with van der Waals surface area (Å²) < 4.78 is 0. The van der Waals surface area contributed by atoms with Crippen molar-refractivity contribution in [3.05, 3.63) is 116 Å². The van der Waals surface area contributed by atoms with Crippen molar-refractivity contribution in [3.8, 4) is 6.07 Å². The lowest BCUT2D eigenvalue weighted by Crippen LogP contribution is -2.31. The maximum absolute atomic E-state index is 13.5. The fraction of sp³-hybridized carbons (Fsp3) is 0.194. The highest BCUT2D eigenvalue weighted by Gasteiger charge is 2.36. The molecule has 1 aliphatic heterocycles. The number of allylic oxidation sites excluding steroid dienone is 2. The number of benzene rings is 3. The first-order valence-electron chi connectivity index (χ1n) is 12.6. The number of carbonyl (C=O) groups excluding carboxylic acids is 2. The van der Waals surface area contributed by atoms with Gasteiger partial charge in [-0.2, -0.15) is 5.26 Å². The summed E-state index contributed by atoms with van der Waals surface area (Å²) in [4.78, 5) is 26.5. The van der Waals surface area contributed by atoms with Crippen LogP contribution in [0.4, 0.5) is 11.4 Å². The number of thioether (sulfide) groups is 1. The molecule has 3 aromatic rings. The summed E-state index contributed by atoms with van der Waals surface area (Å²) in [5.41, 5.74) is 5.47. The Morgan fingerprint density at radius 2 is 1.72 bits per heavy atom. The maximum Gasteiger partial charge on any atom is 0.254 e. The molecule has 0 aromatic heterocycles. The number of nitrogens with zero attached hydrogens (tertiary/aromatic N) is 1. The van der Waals surface area contributed by atoms with Crippen molar-refractivity contribution >= 4 is 46.6 Å². The van der Waals surface area contributed by atoms with E-state index < -0.39 is 5.92 Å². The molecular formula is C31H29ClN4O2S. The number of hydrogen-bond acceptors (Lipinski definition) is 5. The van der Waals surface area contributed by atoms with Gasteiger partial charge in [-0.1, -0.05) is 84.9 Å². The molecule has 2 amide bonds. The number of dihydropyridines is 1. The Morgan fingerprint density at radius 3 is 2.41 bits per heavy atom. The monoisotopic (exact) mass is 556 g/mol. The number of rotatable bonds is 8. The minimum absolute atomic E-state index is 0.0824. The molecule has 1 atom stereocenters. The van der Waals surface area contributed by atoms with E-state index in [-0.39, 0.29) is 17.6 Å². The van der Waals surface area contributed by atoms with Crippen LogP contribution in [0.2, 0.25) is 5.02 Å². The van der Waals surface area contributed by atoms with Gasteiger partial charge in [-0.3, -0.25) is 9.59 Å². The molecule has 0 radical (unpaired) electrons. The molecule has 0 saturated carbocycles. The zero-order chi connectivity index (χ0) is 27.9. The smallest absolute Gasteiger partial charge is 0.254 e. The highest BCUT2D eigenvalue weighted by atomic mass is 35.5. The molecule has 0 aliphatic carbocycles. The number of hydrogen-bond donors (Lipinski definition) is 3. The molecule has 8 heteroatoms. The van der Waals surface area contributed by atoms with Crippen LogP contribution < -0.4 is 16.0 Å². The molecule has 0 bridgehead atoms. The standard InChI is InChI=1S/C31H29ClN4O2S/c1-4-21-12-10-11-19(2)29(21)36-26(37)18-39-31-24(17-33)28(23-15-8-9-16-25(23)32)27(20(3)34-31)30(38)35-22-13-6-5-7-14-22/h5-16,28,34H,4,18H2,1-3H3,(H,35,38)(H,36,37)/t28-/m1/s1. The van der Waals surface area contributed by atoms with E-state index in [2.05, 4.69) is 22.0 Å². The van der Waals surface area contributed by atoms with E-state index in [0.717, 1.165) is 23.2 Å². The van der Waals surface area contributed by atoms with Gasteiger partial charge in [0, 0.05) is 27.7 Å². The fourth-order valence-electron chi connectivity index (χ4n) is 4.58. The number of amides is 2. The van der Waals surface area contributed by atoms with Gasteiger partial charge < -0.3 is 16.0 Å². The Kier molecular flexibility index (Phi) is 9.13. The zero-order valence-electron chi connectivity index (χ0n) is 22.0. The summed E-state index contributed by atoms with van der Waals surface area (Å²) in [5, 5.41) is 20.5. The van der Waals surface area contributed by atoms with Crippen molar-refractivity contribution in [2.24, 2.45) is 0 Å². The van der Waals surface area contributed by atoms with Gasteiger partial charge in [-0.05, 0) is 55.2 Å². The Bertz CT molecular complexity index is 1510. The van der Waals surface area contributed by atoms with Crippen LogP contribution in [0.15, 0.2) is 94.7 Å². The molecular weight excluding hydrogens is 528 g/mol. The second-order valence-corrected chi connectivity index (χ2v) is 10.5. The third-order valence-electron chi connectivity index (χ3n) is 6.49. The molecule has 1 aliphatic rings. The molecule has 0 spiro atoms. The van der Waals surface area contributed by atoms with Crippen LogP contribution in [0, 0.1) is 18.3 Å². The Hall–Kier alpha value is -3.99. The van der Waals surface area contributed by atoms with Gasteiger partial charge in [0.1, 0.15) is 0 Å². The van der Waals surface area contributed by atoms with E-state index in [9.17, 15) is 14.9 Å². The summed E-state index contributed by atoms with van der Waals surface area (Å²) in [5.74, 6) is -1.14. The van der Waals surface area contributed by atoms with Crippen molar-refractivity contribution in [1.29, 1.82) is 5.26 Å². The molecule has 39 heavy (non-hydrogen) atoms. The quantitative estimate of drug-likeness (QED) is 0.280. The van der Waals surface area contributed by atoms with Crippen LogP contribution in [0.3, 0.4) is 0 Å². The number of anilines is 2. The molecule has 3 N–H and O–H groups in total. The van der Waals surface area contributed by atoms with E-state index in [1.807, 2.05) is 62.4 Å². The van der Waals surface area contributed by atoms with Crippen LogP contribution in [0.5, 0.6) is 0 Å². The highest BCUT2D eigenvalue weighted by Crippen LogP contribution is 2.43. The van der Waals surface area contributed by atoms with Crippen molar-refractivity contribution < 1.29 is 9.59 Å². The SMILES string of the molecule is CCc1cccc(C)c1NC(=O)CSC1=C(C#N)[C@@H](c2ccccc2Cl)C(C(=O)Nc2ccccc2)=C(C)N1. The first-order chi connectivity index (χ1) is 18.8. The summed E-state index contributed by atoms with van der Waals surface area (Å²) >= 11 is 7.82. The van der Waals surface area contributed by atoms with Gasteiger partial charge in [0.15, 0.2) is 0 Å². The molecule has 0 fully saturated rings. The topological polar surface area (TPSA) is 94.0 Å². The number of para-hydroxylation sites is 2. The summed E-state index contributed by atoms with van der Waals surface area (Å²) in [6.45, 7) is 5.80. The van der Waals surface area contributed by atoms with E-state index in [0.29, 0.717) is 38.1 Å². The van der Waals surface area contributed by atoms with Crippen LogP contribution in [0.25, 0.3) is 0 Å². The van der Waals surface area contributed by atoms with E-state index in [1.54, 1.807) is 31.2 Å². The normalized spacial score (nSPS) is 14.9. The third-order valence-corrected chi connectivity index (χ3v) is 7.85. The van der Waals surface area contributed by atoms with Gasteiger partial charge in [-0.15, -0.1) is 0 Å². The molecule has 6 nitrogen and oxygen atoms in total. The summed E-state index contributed by atoms with van der Waals surface area (Å²) in [7, 11) is 0. The third kappa shape index (κ3) is 6.36. The first kappa shape index (κ1) is 28.0. The number of nitrogens with one attached hydrogen (secondary N) is 3. The van der Waals surface area contributed by atoms with Crippen LogP contribution in [-0.4, -0.2) is 17.6 Å². The Morgan fingerprint density at radius 1 is 1.00 bits per heavy atom. The average Bonchev–Trinajstić information content (AvgIpc) is 2.93. The predicted molar refractivity (Wildman–Crippen MR) is 159 cm³/mol. The molecule has 198 valence electrons. The fourth-order valence-corrected chi connectivity index (χ4v) is 5.72. The molecule has 4 rings (SSSR count). The van der Waals surface area contributed by atoms with Crippen molar-refractivity contribution in [3.63, 3.8) is 0 Å². The maximum atomic E-state index is 13.5. The van der Waals surface area contributed by atoms with E-state index in [4.69, 9.17) is 11.6 Å². The van der Waals surface area contributed by atoms with Gasteiger partial charge in [0.25, 0.3) is 5.91 Å². The molecule has 1 heterocycles. The minimum Gasteiger partial charge on any atom is -0.353 e. The van der Waals surface area contributed by atoms with Crippen LogP contribution >= 0.6 is 23.4 Å². The lowest BCUT2D eigenvalue weighted by Gasteiger charge is -2.30. The molecule has 3 aromatic carbocycles. The first-order valence-corrected chi connectivity index (χ1v) is 13.9. The van der Waals surface area contributed by atoms with Crippen molar-refractivity contribution in [1.82, 2.24) is 5.32 Å². The average molecular weight is 557 g/mol. The van der Waals surface area contributed by atoms with Gasteiger partial charge in [0.05, 0.1) is 28.3 Å². The number of nitriles is 1. The summed E-state index contributed by atoms with van der Waals surface area (Å²) in [6, 6.07) is 24.6. The van der Waals surface area contributed by atoms with Crippen LogP contribution in [0.1, 0.15) is 36.5 Å². The molecule has 0 saturated heterocycles. The summed E-state index contributed by atoms with van der Waals surface area (Å²) in [6.07, 6.45) is 0.799. The van der Waals surface area contributed by atoms with Gasteiger partial charge in [0.2, 0.25) is 5.91 Å². The zero-order valence-corrected chi connectivity index (χ0v) is 23.5. The minimum atomic E-state index is -0.706. The van der Waals surface area contributed by atoms with Gasteiger partial charge in [-0.25, -0.2) is 0 Å². The number of aryl methyl sites for hydroxylation is 2. The highest BCUT2D eigenvalue weighted by molar-refractivity contribution is 8.03. The largest absolute Gasteiger partial charge is 0.353 e. The van der Waals surface area contributed by atoms with E-state index in [1.165, 1.54) is 11.8 Å². The second-order valence-electron chi connectivity index (χ2n) is 9.09. The Labute approximate surface area is 238 Å². The Balaban J connectivity index is 1.64.